The van der Waals surface area contributed by atoms with Gasteiger partial charge in [-0.15, -0.1) is 0 Å². The lowest BCUT2D eigenvalue weighted by molar-refractivity contribution is 1.18. The maximum absolute atomic E-state index is 2.40. The van der Waals surface area contributed by atoms with Gasteiger partial charge in [0.2, 0.25) is 0 Å². The van der Waals surface area contributed by atoms with Crippen LogP contribution in [-0.4, -0.2) is 13.7 Å². The number of aryl methyl sites for hydroxylation is 1. The van der Waals surface area contributed by atoms with Crippen LogP contribution in [0.2, 0.25) is 0 Å². The molecule has 0 spiro atoms. The molecule has 0 aliphatic rings. The van der Waals surface area contributed by atoms with Crippen molar-refractivity contribution in [1.29, 1.82) is 0 Å². The summed E-state index contributed by atoms with van der Waals surface area (Å²) in [6, 6.07) is 82.4. The molecule has 3 aromatic heterocycles. The van der Waals surface area contributed by atoms with Crippen molar-refractivity contribution >= 4 is 65.4 Å². The van der Waals surface area contributed by atoms with E-state index in [2.05, 4.69) is 252 Å². The van der Waals surface area contributed by atoms with Gasteiger partial charge in [0.05, 0.1) is 33.1 Å². The van der Waals surface area contributed by atoms with Gasteiger partial charge >= 0.3 is 0 Å². The predicted molar refractivity (Wildman–Crippen MR) is 275 cm³/mol. The quantitative estimate of drug-likeness (QED) is 0.159. The molecule has 0 saturated carbocycles. The van der Waals surface area contributed by atoms with Crippen LogP contribution in [0.3, 0.4) is 0 Å². The number of fused-ring (bicyclic) bond motifs is 9. The smallest absolute Gasteiger partial charge is 0.0541 e. The normalized spacial score (nSPS) is 11.8. The van der Waals surface area contributed by atoms with Gasteiger partial charge in [-0.05, 0) is 131 Å². The number of para-hydroxylation sites is 6. The van der Waals surface area contributed by atoms with Gasteiger partial charge in [0.15, 0.2) is 0 Å². The van der Waals surface area contributed by atoms with Crippen LogP contribution in [0.1, 0.15) is 11.1 Å². The largest absolute Gasteiger partial charge is 0.309 e. The number of nitrogens with zero attached hydrogens (tertiary/aromatic N) is 3. The molecule has 65 heavy (non-hydrogen) atoms. The molecule has 0 N–H and O–H groups in total. The third-order valence-corrected chi connectivity index (χ3v) is 13.8. The van der Waals surface area contributed by atoms with E-state index >= 15 is 0 Å². The number of benzene rings is 10. The fourth-order valence-corrected chi connectivity index (χ4v) is 10.9. The summed E-state index contributed by atoms with van der Waals surface area (Å²) in [6.45, 7) is 4.59. The number of rotatable bonds is 6. The van der Waals surface area contributed by atoms with E-state index in [1.165, 1.54) is 110 Å². The molecule has 0 fully saturated rings. The Bertz CT molecular complexity index is 3830. The highest BCUT2D eigenvalue weighted by atomic mass is 15.0. The lowest BCUT2D eigenvalue weighted by atomic mass is 9.83. The summed E-state index contributed by atoms with van der Waals surface area (Å²) in [6.07, 6.45) is 0. The molecule has 3 heteroatoms. The van der Waals surface area contributed by atoms with Gasteiger partial charge in [-0.25, -0.2) is 0 Å². The summed E-state index contributed by atoms with van der Waals surface area (Å²) in [5, 5.41) is 7.61. The molecule has 0 aliphatic carbocycles. The average molecular weight is 830 g/mol. The Morgan fingerprint density at radius 3 is 0.831 bits per heavy atom. The highest BCUT2D eigenvalue weighted by Crippen LogP contribution is 2.44. The molecule has 3 nitrogen and oxygen atoms in total. The van der Waals surface area contributed by atoms with Crippen LogP contribution in [-0.2, 0) is 0 Å². The van der Waals surface area contributed by atoms with E-state index in [1.54, 1.807) is 0 Å². The first-order valence-corrected chi connectivity index (χ1v) is 22.5. The molecule has 3 heterocycles. The first-order valence-electron chi connectivity index (χ1n) is 22.5. The SMILES string of the molecule is Cc1cc(-c2ccc(-n3c4ccccc4c4ccccc43)cc2)c(C)c(-c2ccc(-n3c4ccccc4c4ccccc43)cc2)c1-c1ccc(-n2c3ccccc3c3ccccc32)cc1. The lowest BCUT2D eigenvalue weighted by Crippen LogP contribution is -1.99. The molecule has 0 atom stereocenters. The summed E-state index contributed by atoms with van der Waals surface area (Å²) < 4.78 is 7.19. The van der Waals surface area contributed by atoms with E-state index in [-0.39, 0.29) is 0 Å². The van der Waals surface area contributed by atoms with Crippen LogP contribution in [0.4, 0.5) is 0 Å². The van der Waals surface area contributed by atoms with Crippen molar-refractivity contribution in [2.45, 2.75) is 13.8 Å². The van der Waals surface area contributed by atoms with Crippen molar-refractivity contribution in [3.63, 3.8) is 0 Å². The van der Waals surface area contributed by atoms with Crippen molar-refractivity contribution in [1.82, 2.24) is 13.7 Å². The Labute approximate surface area is 377 Å². The molecular formula is C62H43N3. The second-order valence-corrected chi connectivity index (χ2v) is 17.4. The van der Waals surface area contributed by atoms with Gasteiger partial charge < -0.3 is 13.7 Å². The van der Waals surface area contributed by atoms with E-state index < -0.39 is 0 Å². The standard InChI is InChI=1S/C62H43N3/c1-40-39-54(42-27-33-45(34-28-42)63-55-21-9-3-15-48(55)49-16-4-10-22-56(49)63)41(2)62(44-31-37-47(38-32-44)65-59-25-13-7-19-52(59)53-20-8-14-26-60(53)65)61(40)43-29-35-46(36-30-43)64-57-23-11-5-17-50(57)51-18-6-12-24-58(51)64/h3-39H,1-2H3. The molecule has 10 aromatic carbocycles. The summed E-state index contributed by atoms with van der Waals surface area (Å²) in [4.78, 5) is 0. The monoisotopic (exact) mass is 829 g/mol. The van der Waals surface area contributed by atoms with E-state index in [4.69, 9.17) is 0 Å². The van der Waals surface area contributed by atoms with E-state index in [0.29, 0.717) is 0 Å². The van der Waals surface area contributed by atoms with Crippen molar-refractivity contribution in [3.8, 4) is 50.4 Å². The zero-order chi connectivity index (χ0) is 43.2. The minimum atomic E-state index is 1.15. The topological polar surface area (TPSA) is 14.8 Å². The van der Waals surface area contributed by atoms with Gasteiger partial charge in [0.1, 0.15) is 0 Å². The van der Waals surface area contributed by atoms with Gasteiger partial charge in [-0.2, -0.15) is 0 Å². The summed E-state index contributed by atoms with van der Waals surface area (Å²) >= 11 is 0. The average Bonchev–Trinajstić information content (AvgIpc) is 4.01. The van der Waals surface area contributed by atoms with Gasteiger partial charge in [0, 0.05) is 49.4 Å². The zero-order valence-corrected chi connectivity index (χ0v) is 36.2. The third-order valence-electron chi connectivity index (χ3n) is 13.8. The highest BCUT2D eigenvalue weighted by Gasteiger charge is 2.21. The second kappa shape index (κ2) is 14.6. The molecular weight excluding hydrogens is 787 g/mol. The fraction of sp³-hybridized carbons (Fsp3) is 0.0323. The Balaban J connectivity index is 0.968. The molecule has 0 aliphatic heterocycles. The third kappa shape index (κ3) is 5.69. The molecule has 0 saturated heterocycles. The number of aromatic nitrogens is 3. The lowest BCUT2D eigenvalue weighted by Gasteiger charge is -2.21. The van der Waals surface area contributed by atoms with Crippen LogP contribution < -0.4 is 0 Å². The zero-order valence-electron chi connectivity index (χ0n) is 36.2. The fourth-order valence-electron chi connectivity index (χ4n) is 10.9. The Hall–Kier alpha value is -8.40. The maximum Gasteiger partial charge on any atom is 0.0541 e. The number of hydrogen-bond acceptors (Lipinski definition) is 0. The first kappa shape index (κ1) is 37.2. The van der Waals surface area contributed by atoms with Crippen molar-refractivity contribution in [2.24, 2.45) is 0 Å². The second-order valence-electron chi connectivity index (χ2n) is 17.4. The predicted octanol–water partition coefficient (Wildman–Crippen LogP) is 16.6. The van der Waals surface area contributed by atoms with Crippen LogP contribution >= 0.6 is 0 Å². The molecule has 0 radical (unpaired) electrons. The first-order chi connectivity index (χ1) is 32.1. The van der Waals surface area contributed by atoms with Gasteiger partial charge in [-0.1, -0.05) is 152 Å². The molecule has 13 rings (SSSR count). The van der Waals surface area contributed by atoms with Crippen LogP contribution in [0.15, 0.2) is 224 Å². The van der Waals surface area contributed by atoms with E-state index in [1.807, 2.05) is 0 Å². The van der Waals surface area contributed by atoms with Crippen molar-refractivity contribution in [2.75, 3.05) is 0 Å². The maximum atomic E-state index is 2.40. The Morgan fingerprint density at radius 1 is 0.262 bits per heavy atom. The summed E-state index contributed by atoms with van der Waals surface area (Å²) in [5.74, 6) is 0. The van der Waals surface area contributed by atoms with Crippen LogP contribution in [0, 0.1) is 13.8 Å². The molecule has 13 aromatic rings. The van der Waals surface area contributed by atoms with E-state index in [9.17, 15) is 0 Å². The Kier molecular flexibility index (Phi) is 8.34. The molecule has 306 valence electrons. The molecule has 0 unspecified atom stereocenters. The van der Waals surface area contributed by atoms with Gasteiger partial charge in [0.25, 0.3) is 0 Å². The summed E-state index contributed by atoms with van der Waals surface area (Å²) in [7, 11) is 0. The minimum Gasteiger partial charge on any atom is -0.309 e. The Morgan fingerprint density at radius 2 is 0.523 bits per heavy atom. The molecule has 0 bridgehead atoms. The number of hydrogen-bond donors (Lipinski definition) is 0. The van der Waals surface area contributed by atoms with E-state index in [0.717, 1.165) is 17.1 Å². The van der Waals surface area contributed by atoms with Crippen molar-refractivity contribution < 1.29 is 0 Å². The van der Waals surface area contributed by atoms with Gasteiger partial charge in [-0.3, -0.25) is 0 Å². The molecule has 0 amide bonds. The minimum absolute atomic E-state index is 1.15. The van der Waals surface area contributed by atoms with Crippen molar-refractivity contribution in [3.05, 3.63) is 236 Å². The van der Waals surface area contributed by atoms with Crippen LogP contribution in [0.5, 0.6) is 0 Å². The summed E-state index contributed by atoms with van der Waals surface area (Å²) in [5.41, 5.74) is 20.6. The van der Waals surface area contributed by atoms with Crippen LogP contribution in [0.25, 0.3) is 116 Å². The highest BCUT2D eigenvalue weighted by molar-refractivity contribution is 6.11.